The van der Waals surface area contributed by atoms with Crippen LogP contribution in [-0.2, 0) is 9.47 Å². The van der Waals surface area contributed by atoms with E-state index in [-0.39, 0.29) is 35.5 Å². The highest BCUT2D eigenvalue weighted by Crippen LogP contribution is 2.56. The molecule has 3 rings (SSSR count). The minimum Gasteiger partial charge on any atom is -0.449 e. The van der Waals surface area contributed by atoms with Crippen LogP contribution in [0.3, 0.4) is 0 Å². The molecular weight excluding hydrogens is 328 g/mol. The largest absolute Gasteiger partial charge is 0.449 e. The molecule has 26 heavy (non-hydrogen) atoms. The molecule has 0 radical (unpaired) electrons. The van der Waals surface area contributed by atoms with Gasteiger partial charge in [0.1, 0.15) is 6.61 Å². The molecule has 2 bridgehead atoms. The van der Waals surface area contributed by atoms with E-state index in [0.717, 1.165) is 5.56 Å². The number of nitrogens with one attached hydrogen (secondary N) is 1. The predicted molar refractivity (Wildman–Crippen MR) is 101 cm³/mol. The van der Waals surface area contributed by atoms with Gasteiger partial charge in [0.05, 0.1) is 12.7 Å². The number of pyridine rings is 1. The van der Waals surface area contributed by atoms with E-state index in [4.69, 9.17) is 9.47 Å². The van der Waals surface area contributed by atoms with Crippen LogP contribution < -0.4 is 5.32 Å². The van der Waals surface area contributed by atoms with Gasteiger partial charge < -0.3 is 14.8 Å². The monoisotopic (exact) mass is 358 g/mol. The number of alkyl carbamates (subject to hydrolysis) is 1. The Morgan fingerprint density at radius 2 is 2.23 bits per heavy atom. The number of ether oxygens (including phenoxy) is 2. The smallest absolute Gasteiger partial charge is 0.407 e. The van der Waals surface area contributed by atoms with E-state index < -0.39 is 0 Å². The van der Waals surface area contributed by atoms with E-state index in [1.165, 1.54) is 5.57 Å². The molecule has 1 aliphatic carbocycles. The van der Waals surface area contributed by atoms with Gasteiger partial charge in [-0.25, -0.2) is 4.79 Å². The lowest BCUT2D eigenvalue weighted by atomic mass is 9.56. The van der Waals surface area contributed by atoms with Gasteiger partial charge in [0.2, 0.25) is 0 Å². The van der Waals surface area contributed by atoms with Crippen LogP contribution in [0.4, 0.5) is 4.79 Å². The molecule has 0 unspecified atom stereocenters. The first-order valence-corrected chi connectivity index (χ1v) is 9.48. The number of hydrogen-bond donors (Lipinski definition) is 1. The van der Waals surface area contributed by atoms with Crippen molar-refractivity contribution in [3.63, 3.8) is 0 Å². The fraction of sp³-hybridized carbons (Fsp3) is 0.619. The number of amides is 1. The first-order valence-electron chi connectivity index (χ1n) is 9.48. The van der Waals surface area contributed by atoms with E-state index in [9.17, 15) is 4.79 Å². The summed E-state index contributed by atoms with van der Waals surface area (Å²) in [4.78, 5) is 16.3. The highest BCUT2D eigenvalue weighted by Gasteiger charge is 2.54. The van der Waals surface area contributed by atoms with Gasteiger partial charge in [-0.3, -0.25) is 4.98 Å². The fourth-order valence-corrected chi connectivity index (χ4v) is 4.58. The van der Waals surface area contributed by atoms with Crippen molar-refractivity contribution in [1.82, 2.24) is 10.3 Å². The lowest BCUT2D eigenvalue weighted by Crippen LogP contribution is -2.55. The van der Waals surface area contributed by atoms with Crippen LogP contribution in [0.5, 0.6) is 0 Å². The lowest BCUT2D eigenvalue weighted by molar-refractivity contribution is -0.165. The summed E-state index contributed by atoms with van der Waals surface area (Å²) in [5.41, 5.74) is 2.26. The molecule has 1 fully saturated rings. The maximum atomic E-state index is 12.0. The molecule has 0 spiro atoms. The summed E-state index contributed by atoms with van der Waals surface area (Å²) in [6, 6.07) is 4.10. The molecule has 0 saturated carbocycles. The SMILES string of the molecule is CC1=C[C@H](C)[C@]2(COC(=O)NC(C)C)CO[C@@H](c3cccnc3)[C@@H]1[C@H]2C. The van der Waals surface area contributed by atoms with Crippen LogP contribution in [0.2, 0.25) is 0 Å². The van der Waals surface area contributed by atoms with E-state index in [0.29, 0.717) is 19.1 Å². The Morgan fingerprint density at radius 3 is 2.88 bits per heavy atom. The van der Waals surface area contributed by atoms with Crippen LogP contribution in [-0.4, -0.2) is 30.3 Å². The number of hydrogen-bond acceptors (Lipinski definition) is 4. The summed E-state index contributed by atoms with van der Waals surface area (Å²) < 4.78 is 12.0. The van der Waals surface area contributed by atoms with Crippen molar-refractivity contribution in [2.24, 2.45) is 23.2 Å². The fourth-order valence-electron chi connectivity index (χ4n) is 4.58. The highest BCUT2D eigenvalue weighted by atomic mass is 16.6. The lowest BCUT2D eigenvalue weighted by Gasteiger charge is -2.55. The number of aromatic nitrogens is 1. The van der Waals surface area contributed by atoms with Crippen molar-refractivity contribution in [3.05, 3.63) is 41.7 Å². The quantitative estimate of drug-likeness (QED) is 0.823. The Morgan fingerprint density at radius 1 is 1.46 bits per heavy atom. The Balaban J connectivity index is 1.84. The summed E-state index contributed by atoms with van der Waals surface area (Å²) in [7, 11) is 0. The number of carbonyl (C=O) groups is 1. The minimum atomic E-state index is -0.356. The molecule has 5 heteroatoms. The Hall–Kier alpha value is -1.88. The molecule has 1 N–H and O–H groups in total. The van der Waals surface area contributed by atoms with Crippen molar-refractivity contribution in [2.45, 2.75) is 46.8 Å². The van der Waals surface area contributed by atoms with Crippen LogP contribution >= 0.6 is 0 Å². The maximum absolute atomic E-state index is 12.0. The van der Waals surface area contributed by atoms with E-state index >= 15 is 0 Å². The molecule has 1 amide bonds. The third-order valence-electron chi connectivity index (χ3n) is 6.14. The summed E-state index contributed by atoms with van der Waals surface area (Å²) >= 11 is 0. The van der Waals surface area contributed by atoms with Gasteiger partial charge in [-0.05, 0) is 44.2 Å². The van der Waals surface area contributed by atoms with Crippen molar-refractivity contribution < 1.29 is 14.3 Å². The first kappa shape index (κ1) is 18.9. The maximum Gasteiger partial charge on any atom is 0.407 e. The number of nitrogens with zero attached hydrogens (tertiary/aromatic N) is 1. The highest BCUT2D eigenvalue weighted by molar-refractivity contribution is 5.67. The summed E-state index contributed by atoms with van der Waals surface area (Å²) in [6.07, 6.45) is 5.65. The van der Waals surface area contributed by atoms with Gasteiger partial charge in [0.15, 0.2) is 0 Å². The Bertz CT molecular complexity index is 673. The van der Waals surface area contributed by atoms with Crippen LogP contribution in [0.1, 0.15) is 46.3 Å². The standard InChI is InChI=1S/C21H30N2O3/c1-13(2)23-20(24)26-12-21-11-25-19(17-7-6-8-22-10-17)18(16(21)5)14(3)9-15(21)4/h6-10,13,15-16,18-19H,11-12H2,1-5H3,(H,23,24)/t15-,16+,18-,19-,21+/m0/s1. The second-order valence-electron chi connectivity index (χ2n) is 8.14. The molecule has 2 aliphatic rings. The predicted octanol–water partition coefficient (Wildman–Crippen LogP) is 4.12. The first-order chi connectivity index (χ1) is 12.3. The average Bonchev–Trinajstić information content (AvgIpc) is 2.59. The number of allylic oxidation sites excluding steroid dienone is 1. The molecule has 1 aromatic heterocycles. The van der Waals surface area contributed by atoms with Crippen molar-refractivity contribution in [3.8, 4) is 0 Å². The van der Waals surface area contributed by atoms with Gasteiger partial charge in [-0.15, -0.1) is 0 Å². The van der Waals surface area contributed by atoms with Gasteiger partial charge in [0, 0.05) is 29.8 Å². The molecule has 1 saturated heterocycles. The van der Waals surface area contributed by atoms with Crippen LogP contribution in [0.15, 0.2) is 36.2 Å². The Labute approximate surface area is 156 Å². The third-order valence-corrected chi connectivity index (χ3v) is 6.14. The van der Waals surface area contributed by atoms with Crippen molar-refractivity contribution in [1.29, 1.82) is 0 Å². The molecule has 142 valence electrons. The second-order valence-corrected chi connectivity index (χ2v) is 8.14. The average molecular weight is 358 g/mol. The van der Waals surface area contributed by atoms with Gasteiger partial charge in [0.25, 0.3) is 0 Å². The van der Waals surface area contributed by atoms with E-state index in [2.05, 4.69) is 43.2 Å². The minimum absolute atomic E-state index is 0.0000607. The van der Waals surface area contributed by atoms with Crippen molar-refractivity contribution >= 4 is 6.09 Å². The zero-order valence-electron chi connectivity index (χ0n) is 16.4. The molecule has 1 aliphatic heterocycles. The number of rotatable bonds is 4. The van der Waals surface area contributed by atoms with Crippen LogP contribution in [0.25, 0.3) is 0 Å². The van der Waals surface area contributed by atoms with E-state index in [1.54, 1.807) is 6.20 Å². The van der Waals surface area contributed by atoms with Crippen molar-refractivity contribution in [2.75, 3.05) is 13.2 Å². The van der Waals surface area contributed by atoms with Gasteiger partial charge in [-0.2, -0.15) is 0 Å². The van der Waals surface area contributed by atoms with Crippen LogP contribution in [0, 0.1) is 23.2 Å². The zero-order chi connectivity index (χ0) is 18.9. The zero-order valence-corrected chi connectivity index (χ0v) is 16.4. The Kier molecular flexibility index (Phi) is 5.37. The van der Waals surface area contributed by atoms with Gasteiger partial charge >= 0.3 is 6.09 Å². The molecule has 2 heterocycles. The van der Waals surface area contributed by atoms with Gasteiger partial charge in [-0.1, -0.05) is 31.6 Å². The topological polar surface area (TPSA) is 60.5 Å². The normalized spacial score (nSPS) is 33.5. The number of carbonyl (C=O) groups excluding carboxylic acids is 1. The second kappa shape index (κ2) is 7.39. The molecular formula is C21H30N2O3. The number of fused-ring (bicyclic) bond motifs is 2. The third kappa shape index (κ3) is 3.37. The summed E-state index contributed by atoms with van der Waals surface area (Å²) in [5.74, 6) is 0.893. The summed E-state index contributed by atoms with van der Waals surface area (Å²) in [5, 5.41) is 2.80. The molecule has 1 aromatic rings. The summed E-state index contributed by atoms with van der Waals surface area (Å²) in [6.45, 7) is 11.5. The molecule has 5 atom stereocenters. The van der Waals surface area contributed by atoms with E-state index in [1.807, 2.05) is 26.1 Å². The molecule has 0 aromatic carbocycles. The molecule has 5 nitrogen and oxygen atoms in total.